The Morgan fingerprint density at radius 1 is 1.16 bits per heavy atom. The summed E-state index contributed by atoms with van der Waals surface area (Å²) in [6, 6.07) is 13.4. The molecule has 2 aromatic carbocycles. The van der Waals surface area contributed by atoms with E-state index in [0.717, 1.165) is 11.3 Å². The highest BCUT2D eigenvalue weighted by atomic mass is 35.5. The molecule has 0 bridgehead atoms. The largest absolute Gasteiger partial charge is 0.497 e. The highest BCUT2D eigenvalue weighted by Gasteiger charge is 2.16. The van der Waals surface area contributed by atoms with Crippen LogP contribution in [0.2, 0.25) is 5.02 Å². The van der Waals surface area contributed by atoms with E-state index < -0.39 is 5.82 Å². The summed E-state index contributed by atoms with van der Waals surface area (Å²) in [6.07, 6.45) is 0. The number of H-pyrrole nitrogens is 1. The van der Waals surface area contributed by atoms with Crippen LogP contribution in [0.5, 0.6) is 5.75 Å². The van der Waals surface area contributed by atoms with E-state index in [0.29, 0.717) is 5.69 Å². The zero-order valence-corrected chi connectivity index (χ0v) is 13.9. The molecule has 1 heterocycles. The molecule has 4 nitrogen and oxygen atoms in total. The molecule has 3 aromatic rings. The van der Waals surface area contributed by atoms with Crippen LogP contribution in [0.25, 0.3) is 11.4 Å². The van der Waals surface area contributed by atoms with Gasteiger partial charge in [-0.15, -0.1) is 0 Å². The summed E-state index contributed by atoms with van der Waals surface area (Å²) in [5.74, 6) is 6.14. The van der Waals surface area contributed by atoms with Crippen LogP contribution in [-0.2, 0) is 0 Å². The third kappa shape index (κ3) is 3.47. The fourth-order valence-electron chi connectivity index (χ4n) is 2.20. The second-order valence-electron chi connectivity index (χ2n) is 5.00. The lowest BCUT2D eigenvalue weighted by molar-refractivity contribution is 0.415. The van der Waals surface area contributed by atoms with Crippen LogP contribution in [0, 0.1) is 29.0 Å². The summed E-state index contributed by atoms with van der Waals surface area (Å²) in [5, 5.41) is 9.44. The van der Waals surface area contributed by atoms with Crippen molar-refractivity contribution in [3.63, 3.8) is 0 Å². The first-order chi connectivity index (χ1) is 12.1. The number of nitrogens with one attached hydrogen (secondary N) is 1. The number of aromatic nitrogens is 2. The van der Waals surface area contributed by atoms with Gasteiger partial charge in [-0.2, -0.15) is 5.26 Å². The lowest BCUT2D eigenvalue weighted by Crippen LogP contribution is -1.88. The van der Waals surface area contributed by atoms with E-state index in [1.165, 1.54) is 12.1 Å². The summed E-state index contributed by atoms with van der Waals surface area (Å²) in [4.78, 5) is 6.96. The molecule has 0 saturated carbocycles. The van der Waals surface area contributed by atoms with Crippen LogP contribution in [-0.4, -0.2) is 17.1 Å². The number of methoxy groups -OCH3 is 1. The van der Waals surface area contributed by atoms with Gasteiger partial charge in [-0.25, -0.2) is 9.37 Å². The third-order valence-corrected chi connectivity index (χ3v) is 3.75. The number of hydrogen-bond donors (Lipinski definition) is 1. The quantitative estimate of drug-likeness (QED) is 0.705. The van der Waals surface area contributed by atoms with Gasteiger partial charge in [0.25, 0.3) is 0 Å². The van der Waals surface area contributed by atoms with Gasteiger partial charge in [-0.05, 0) is 42.3 Å². The maximum atomic E-state index is 14.0. The van der Waals surface area contributed by atoms with Gasteiger partial charge >= 0.3 is 0 Å². The van der Waals surface area contributed by atoms with Crippen LogP contribution >= 0.6 is 11.6 Å². The van der Waals surface area contributed by atoms with E-state index in [4.69, 9.17) is 16.3 Å². The van der Waals surface area contributed by atoms with E-state index in [1.807, 2.05) is 6.07 Å². The molecule has 0 fully saturated rings. The molecule has 25 heavy (non-hydrogen) atoms. The molecule has 0 atom stereocenters. The minimum atomic E-state index is -0.527. The maximum Gasteiger partial charge on any atom is 0.175 e. The van der Waals surface area contributed by atoms with Gasteiger partial charge in [-0.3, -0.25) is 0 Å². The summed E-state index contributed by atoms with van der Waals surface area (Å²) in [5.41, 5.74) is 1.23. The minimum absolute atomic E-state index is 0.0790. The van der Waals surface area contributed by atoms with Gasteiger partial charge in [0.2, 0.25) is 0 Å². The number of hydrogen-bond acceptors (Lipinski definition) is 3. The number of imidazole rings is 1. The summed E-state index contributed by atoms with van der Waals surface area (Å²) in [6.45, 7) is 0. The van der Waals surface area contributed by atoms with Crippen LogP contribution in [0.15, 0.2) is 42.5 Å². The second kappa shape index (κ2) is 7.09. The fourth-order valence-corrected chi connectivity index (χ4v) is 2.45. The van der Waals surface area contributed by atoms with E-state index in [1.54, 1.807) is 37.4 Å². The van der Waals surface area contributed by atoms with Crippen molar-refractivity contribution < 1.29 is 9.13 Å². The Kier molecular flexibility index (Phi) is 4.70. The van der Waals surface area contributed by atoms with Gasteiger partial charge in [0.15, 0.2) is 5.69 Å². The molecule has 0 amide bonds. The zero-order chi connectivity index (χ0) is 17.8. The molecule has 1 N–H and O–H groups in total. The average Bonchev–Trinajstić information content (AvgIpc) is 3.03. The Balaban J connectivity index is 2.00. The number of rotatable bonds is 2. The highest BCUT2D eigenvalue weighted by molar-refractivity contribution is 6.33. The lowest BCUT2D eigenvalue weighted by Gasteiger charge is -2.01. The first-order valence-electron chi connectivity index (χ1n) is 7.23. The van der Waals surface area contributed by atoms with Crippen LogP contribution in [0.3, 0.4) is 0 Å². The molecule has 1 aromatic heterocycles. The zero-order valence-electron chi connectivity index (χ0n) is 13.1. The molecule has 0 aliphatic rings. The van der Waals surface area contributed by atoms with Gasteiger partial charge in [0, 0.05) is 5.56 Å². The van der Waals surface area contributed by atoms with Crippen LogP contribution in [0.4, 0.5) is 4.39 Å². The predicted octanol–water partition coefficient (Wildman–Crippen LogP) is 4.15. The van der Waals surface area contributed by atoms with E-state index in [2.05, 4.69) is 21.8 Å². The van der Waals surface area contributed by atoms with E-state index >= 15 is 0 Å². The summed E-state index contributed by atoms with van der Waals surface area (Å²) < 4.78 is 19.1. The minimum Gasteiger partial charge on any atom is -0.497 e. The van der Waals surface area contributed by atoms with Crippen LogP contribution < -0.4 is 4.74 Å². The normalized spacial score (nSPS) is 9.84. The number of nitriles is 1. The molecule has 122 valence electrons. The smallest absolute Gasteiger partial charge is 0.175 e. The molecular weight excluding hydrogens is 341 g/mol. The van der Waals surface area contributed by atoms with Crippen molar-refractivity contribution in [3.8, 4) is 35.0 Å². The van der Waals surface area contributed by atoms with Crippen molar-refractivity contribution in [2.24, 2.45) is 0 Å². The maximum absolute atomic E-state index is 14.0. The standard InChI is InChI=1S/C19H11ClFN3O/c1-25-13-8-5-12(6-9-13)7-10-16-17(11-22)24-19(23-16)18-14(20)3-2-4-15(18)21/h2-6,8-9H,1H3,(H,23,24). The molecule has 0 spiro atoms. The first-order valence-corrected chi connectivity index (χ1v) is 7.60. The molecule has 0 aliphatic carbocycles. The van der Waals surface area contributed by atoms with Crippen molar-refractivity contribution in [2.75, 3.05) is 7.11 Å². The Hall–Kier alpha value is -3.28. The van der Waals surface area contributed by atoms with Crippen molar-refractivity contribution in [1.29, 1.82) is 5.26 Å². The van der Waals surface area contributed by atoms with Gasteiger partial charge < -0.3 is 9.72 Å². The van der Waals surface area contributed by atoms with Gasteiger partial charge in [0.05, 0.1) is 17.7 Å². The molecule has 6 heteroatoms. The molecule has 0 unspecified atom stereocenters. The molecule has 0 saturated heterocycles. The summed E-state index contributed by atoms with van der Waals surface area (Å²) in [7, 11) is 1.58. The molecule has 3 rings (SSSR count). The first kappa shape index (κ1) is 16.6. The number of ether oxygens (including phenoxy) is 1. The number of nitrogens with zero attached hydrogens (tertiary/aromatic N) is 2. The van der Waals surface area contributed by atoms with Gasteiger partial charge in [0.1, 0.15) is 29.2 Å². The third-order valence-electron chi connectivity index (χ3n) is 3.43. The number of benzene rings is 2. The predicted molar refractivity (Wildman–Crippen MR) is 92.7 cm³/mol. The fraction of sp³-hybridized carbons (Fsp3) is 0.0526. The molecular formula is C19H11ClFN3O. The van der Waals surface area contributed by atoms with Crippen molar-refractivity contribution in [2.45, 2.75) is 0 Å². The molecule has 0 radical (unpaired) electrons. The Labute approximate surface area is 148 Å². The van der Waals surface area contributed by atoms with Gasteiger partial charge in [-0.1, -0.05) is 23.6 Å². The van der Waals surface area contributed by atoms with Crippen molar-refractivity contribution >= 4 is 11.6 Å². The number of aromatic amines is 1. The Morgan fingerprint density at radius 2 is 1.92 bits per heavy atom. The highest BCUT2D eigenvalue weighted by Crippen LogP contribution is 2.29. The second-order valence-corrected chi connectivity index (χ2v) is 5.40. The summed E-state index contributed by atoms with van der Waals surface area (Å²) >= 11 is 6.04. The topological polar surface area (TPSA) is 61.7 Å². The average molecular weight is 352 g/mol. The Bertz CT molecular complexity index is 1000. The number of halogens is 2. The van der Waals surface area contributed by atoms with Crippen LogP contribution in [0.1, 0.15) is 17.0 Å². The lowest BCUT2D eigenvalue weighted by atomic mass is 10.2. The monoisotopic (exact) mass is 351 g/mol. The SMILES string of the molecule is COc1ccc(C#Cc2[nH]c(-c3c(F)cccc3Cl)nc2C#N)cc1. The van der Waals surface area contributed by atoms with Crippen molar-refractivity contribution in [3.05, 3.63) is 70.3 Å². The Morgan fingerprint density at radius 3 is 2.56 bits per heavy atom. The van der Waals surface area contributed by atoms with E-state index in [-0.39, 0.29) is 22.1 Å². The van der Waals surface area contributed by atoms with E-state index in [9.17, 15) is 9.65 Å². The molecule has 0 aliphatic heterocycles. The van der Waals surface area contributed by atoms with Crippen molar-refractivity contribution in [1.82, 2.24) is 9.97 Å².